The van der Waals surface area contributed by atoms with Gasteiger partial charge in [0.2, 0.25) is 0 Å². The summed E-state index contributed by atoms with van der Waals surface area (Å²) in [5.74, 6) is 0.549. The van der Waals surface area contributed by atoms with E-state index < -0.39 is 10.0 Å². The summed E-state index contributed by atoms with van der Waals surface area (Å²) >= 11 is 2.39. The summed E-state index contributed by atoms with van der Waals surface area (Å²) in [7, 11) is -3.73. The van der Waals surface area contributed by atoms with Gasteiger partial charge in [0.05, 0.1) is 22.3 Å². The maximum absolute atomic E-state index is 12.4. The van der Waals surface area contributed by atoms with Gasteiger partial charge in [0.1, 0.15) is 5.82 Å². The molecule has 34 heavy (non-hydrogen) atoms. The topological polar surface area (TPSA) is 138 Å². The van der Waals surface area contributed by atoms with E-state index in [4.69, 9.17) is 5.26 Å². The van der Waals surface area contributed by atoms with Crippen molar-refractivity contribution in [3.05, 3.63) is 83.5 Å². The zero-order valence-corrected chi connectivity index (χ0v) is 19.8. The van der Waals surface area contributed by atoms with E-state index in [1.807, 2.05) is 6.07 Å². The van der Waals surface area contributed by atoms with Crippen molar-refractivity contribution in [1.82, 2.24) is 15.0 Å². The van der Waals surface area contributed by atoms with E-state index in [-0.39, 0.29) is 16.4 Å². The second-order valence-corrected chi connectivity index (χ2v) is 10.2. The van der Waals surface area contributed by atoms with E-state index in [1.165, 1.54) is 41.4 Å². The van der Waals surface area contributed by atoms with Crippen LogP contribution in [0.25, 0.3) is 0 Å². The van der Waals surface area contributed by atoms with Crippen molar-refractivity contribution in [2.75, 3.05) is 15.8 Å². The molecule has 0 spiro atoms. The Hall–Kier alpha value is -3.79. The third-order valence-electron chi connectivity index (χ3n) is 4.39. The number of hydrogen-bond acceptors (Lipinski definition) is 10. The molecule has 0 saturated heterocycles. The van der Waals surface area contributed by atoms with Gasteiger partial charge in [0.15, 0.2) is 16.1 Å². The first-order valence-corrected chi connectivity index (χ1v) is 13.1. The summed E-state index contributed by atoms with van der Waals surface area (Å²) in [6.07, 6.45) is 3.09. The van der Waals surface area contributed by atoms with Crippen LogP contribution in [0.1, 0.15) is 15.9 Å². The van der Waals surface area contributed by atoms with Gasteiger partial charge in [-0.15, -0.1) is 11.3 Å². The number of nitriles is 1. The largest absolute Gasteiger partial charge is 0.340 e. The molecule has 0 fully saturated rings. The van der Waals surface area contributed by atoms with Gasteiger partial charge in [0, 0.05) is 29.0 Å². The number of sulfonamides is 1. The van der Waals surface area contributed by atoms with Crippen LogP contribution in [0.5, 0.6) is 0 Å². The molecule has 2 aromatic heterocycles. The average molecular weight is 509 g/mol. The molecule has 170 valence electrons. The number of hydrogen-bond donors (Lipinski definition) is 2. The number of Topliss-reactive ketones (excluding diaryl/α,β-unsaturated/α-hetero) is 1. The standard InChI is InChI=1S/C22H16N6O3S3/c23-13-15-1-3-16(4-2-15)19(29)14-33-21-24-10-9-20(27-21)26-17-5-7-18(8-6-17)34(30,31)28-22-25-11-12-32-22/h1-12H,14H2,(H,25,28)(H,24,26,27). The van der Waals surface area contributed by atoms with Gasteiger partial charge in [-0.2, -0.15) is 5.26 Å². The van der Waals surface area contributed by atoms with Crippen LogP contribution in [-0.2, 0) is 10.0 Å². The Labute approximate surface area is 204 Å². The number of carbonyl (C=O) groups is 1. The summed E-state index contributed by atoms with van der Waals surface area (Å²) in [5.41, 5.74) is 1.64. The van der Waals surface area contributed by atoms with Crippen LogP contribution >= 0.6 is 23.1 Å². The second-order valence-electron chi connectivity index (χ2n) is 6.72. The van der Waals surface area contributed by atoms with Gasteiger partial charge in [-0.3, -0.25) is 9.52 Å². The summed E-state index contributed by atoms with van der Waals surface area (Å²) in [4.78, 5) is 25.0. The molecule has 0 radical (unpaired) electrons. The van der Waals surface area contributed by atoms with Crippen molar-refractivity contribution in [2.24, 2.45) is 0 Å². The number of thioether (sulfide) groups is 1. The molecule has 2 N–H and O–H groups in total. The van der Waals surface area contributed by atoms with Crippen molar-refractivity contribution >= 4 is 55.5 Å². The second kappa shape index (κ2) is 10.4. The van der Waals surface area contributed by atoms with E-state index >= 15 is 0 Å². The summed E-state index contributed by atoms with van der Waals surface area (Å²) in [5, 5.41) is 14.3. The molecule has 9 nitrogen and oxygen atoms in total. The van der Waals surface area contributed by atoms with Crippen molar-refractivity contribution in [1.29, 1.82) is 5.26 Å². The lowest BCUT2D eigenvalue weighted by Crippen LogP contribution is -2.12. The van der Waals surface area contributed by atoms with E-state index in [2.05, 4.69) is 25.0 Å². The molecule has 0 aliphatic heterocycles. The van der Waals surface area contributed by atoms with Gasteiger partial charge in [0.25, 0.3) is 10.0 Å². The van der Waals surface area contributed by atoms with Gasteiger partial charge in [-0.25, -0.2) is 23.4 Å². The first kappa shape index (κ1) is 23.4. The number of thiazole rings is 1. The predicted octanol–water partition coefficient (Wildman–Crippen LogP) is 4.32. The lowest BCUT2D eigenvalue weighted by Gasteiger charge is -2.09. The van der Waals surface area contributed by atoms with Crippen LogP contribution < -0.4 is 10.0 Å². The number of ketones is 1. The highest BCUT2D eigenvalue weighted by Crippen LogP contribution is 2.22. The Morgan fingerprint density at radius 2 is 1.79 bits per heavy atom. The molecule has 4 rings (SSSR count). The molecule has 0 atom stereocenters. The van der Waals surface area contributed by atoms with Crippen LogP contribution in [0.2, 0.25) is 0 Å². The first-order chi connectivity index (χ1) is 16.4. The van der Waals surface area contributed by atoms with E-state index in [1.54, 1.807) is 54.0 Å². The first-order valence-electron chi connectivity index (χ1n) is 9.71. The highest BCUT2D eigenvalue weighted by Gasteiger charge is 2.15. The number of anilines is 3. The fraction of sp³-hybridized carbons (Fsp3) is 0.0455. The number of nitrogens with zero attached hydrogens (tertiary/aromatic N) is 4. The number of nitrogens with one attached hydrogen (secondary N) is 2. The average Bonchev–Trinajstić information content (AvgIpc) is 3.35. The molecule has 2 aromatic carbocycles. The van der Waals surface area contributed by atoms with Gasteiger partial charge in [-0.1, -0.05) is 23.9 Å². The van der Waals surface area contributed by atoms with Crippen molar-refractivity contribution in [2.45, 2.75) is 10.1 Å². The summed E-state index contributed by atoms with van der Waals surface area (Å²) in [6, 6.07) is 16.3. The zero-order chi connectivity index (χ0) is 24.0. The quantitative estimate of drug-likeness (QED) is 0.192. The Kier molecular flexibility index (Phi) is 7.17. The summed E-state index contributed by atoms with van der Waals surface area (Å²) in [6.45, 7) is 0. The smallest absolute Gasteiger partial charge is 0.263 e. The minimum Gasteiger partial charge on any atom is -0.340 e. The molecule has 0 aliphatic rings. The lowest BCUT2D eigenvalue weighted by molar-refractivity contribution is 0.102. The predicted molar refractivity (Wildman–Crippen MR) is 131 cm³/mol. The zero-order valence-electron chi connectivity index (χ0n) is 17.4. The van der Waals surface area contributed by atoms with Gasteiger partial charge in [-0.05, 0) is 42.5 Å². The summed E-state index contributed by atoms with van der Waals surface area (Å²) < 4.78 is 27.3. The van der Waals surface area contributed by atoms with Crippen molar-refractivity contribution < 1.29 is 13.2 Å². The molecular weight excluding hydrogens is 492 g/mol. The molecule has 0 unspecified atom stereocenters. The van der Waals surface area contributed by atoms with Crippen LogP contribution in [-0.4, -0.2) is 34.9 Å². The monoisotopic (exact) mass is 508 g/mol. The number of benzene rings is 2. The molecule has 0 amide bonds. The Morgan fingerprint density at radius 1 is 1.03 bits per heavy atom. The normalized spacial score (nSPS) is 10.9. The van der Waals surface area contributed by atoms with E-state index in [0.29, 0.717) is 32.9 Å². The van der Waals surface area contributed by atoms with Crippen molar-refractivity contribution in [3.8, 4) is 6.07 Å². The van der Waals surface area contributed by atoms with Gasteiger partial charge < -0.3 is 5.32 Å². The molecule has 2 heterocycles. The maximum atomic E-state index is 12.4. The van der Waals surface area contributed by atoms with Crippen LogP contribution in [0.4, 0.5) is 16.6 Å². The molecule has 0 saturated carbocycles. The van der Waals surface area contributed by atoms with Crippen LogP contribution in [0.15, 0.2) is 82.4 Å². The van der Waals surface area contributed by atoms with Crippen molar-refractivity contribution in [3.63, 3.8) is 0 Å². The SMILES string of the molecule is N#Cc1ccc(C(=O)CSc2nccc(Nc3ccc(S(=O)(=O)Nc4nccs4)cc3)n2)cc1. The van der Waals surface area contributed by atoms with Gasteiger partial charge >= 0.3 is 0 Å². The minimum atomic E-state index is -3.73. The van der Waals surface area contributed by atoms with Crippen LogP contribution in [0.3, 0.4) is 0 Å². The van der Waals surface area contributed by atoms with E-state index in [9.17, 15) is 13.2 Å². The fourth-order valence-electron chi connectivity index (χ4n) is 2.74. The molecule has 4 aromatic rings. The molecule has 12 heteroatoms. The molecular formula is C22H16N6O3S3. The number of carbonyl (C=O) groups excluding carboxylic acids is 1. The third-order valence-corrected chi connectivity index (χ3v) is 7.43. The Bertz CT molecular complexity index is 1430. The van der Waals surface area contributed by atoms with E-state index in [0.717, 1.165) is 0 Å². The highest BCUT2D eigenvalue weighted by molar-refractivity contribution is 7.99. The maximum Gasteiger partial charge on any atom is 0.263 e. The number of aromatic nitrogens is 3. The van der Waals surface area contributed by atoms with Crippen LogP contribution in [0, 0.1) is 11.3 Å². The third kappa shape index (κ3) is 5.96. The number of rotatable bonds is 9. The molecule has 0 aliphatic carbocycles. The molecule has 0 bridgehead atoms. The fourth-order valence-corrected chi connectivity index (χ4v) is 5.25. The Morgan fingerprint density at radius 3 is 2.47 bits per heavy atom. The highest BCUT2D eigenvalue weighted by atomic mass is 32.2. The minimum absolute atomic E-state index is 0.0976. The lowest BCUT2D eigenvalue weighted by atomic mass is 10.1. The Balaban J connectivity index is 1.37.